The first-order valence-corrected chi connectivity index (χ1v) is 6.17. The van der Waals surface area contributed by atoms with Gasteiger partial charge in [-0.15, -0.1) is 0 Å². The van der Waals surface area contributed by atoms with Crippen molar-refractivity contribution in [1.29, 1.82) is 5.26 Å². The molecule has 1 aromatic rings. The van der Waals surface area contributed by atoms with Gasteiger partial charge < -0.3 is 14.2 Å². The Morgan fingerprint density at radius 2 is 1.53 bits per heavy atom. The first-order valence-electron chi connectivity index (χ1n) is 6.17. The highest BCUT2D eigenvalue weighted by atomic mass is 16.5. The summed E-state index contributed by atoms with van der Waals surface area (Å²) in [7, 11) is 4.78. The summed E-state index contributed by atoms with van der Waals surface area (Å²) in [4.78, 5) is 0. The van der Waals surface area contributed by atoms with Gasteiger partial charge in [-0.3, -0.25) is 0 Å². The van der Waals surface area contributed by atoms with E-state index in [1.54, 1.807) is 33.5 Å². The standard InChI is InChI=1S/C15H19NO3/c1-14(2)8-15(14,9-16)13-11(18-4)6-10(17-3)7-12(13)19-5/h6-7H,8H2,1-5H3. The maximum absolute atomic E-state index is 9.62. The van der Waals surface area contributed by atoms with Crippen molar-refractivity contribution in [1.82, 2.24) is 0 Å². The Bertz CT molecular complexity index is 520. The van der Waals surface area contributed by atoms with Gasteiger partial charge in [-0.05, 0) is 11.8 Å². The molecule has 1 aromatic carbocycles. The van der Waals surface area contributed by atoms with E-state index in [1.165, 1.54) is 0 Å². The van der Waals surface area contributed by atoms with Crippen LogP contribution >= 0.6 is 0 Å². The van der Waals surface area contributed by atoms with Crippen molar-refractivity contribution in [2.75, 3.05) is 21.3 Å². The number of methoxy groups -OCH3 is 3. The largest absolute Gasteiger partial charge is 0.496 e. The number of rotatable bonds is 4. The van der Waals surface area contributed by atoms with E-state index in [9.17, 15) is 5.26 Å². The summed E-state index contributed by atoms with van der Waals surface area (Å²) >= 11 is 0. The SMILES string of the molecule is COc1cc(OC)c(C2(C#N)CC2(C)C)c(OC)c1. The zero-order chi connectivity index (χ0) is 14.3. The molecule has 0 spiro atoms. The molecule has 1 aliphatic rings. The zero-order valence-electron chi connectivity index (χ0n) is 12.0. The van der Waals surface area contributed by atoms with Crippen LogP contribution in [0.2, 0.25) is 0 Å². The highest BCUT2D eigenvalue weighted by Gasteiger charge is 2.65. The van der Waals surface area contributed by atoms with Crippen molar-refractivity contribution in [3.8, 4) is 23.3 Å². The van der Waals surface area contributed by atoms with Gasteiger partial charge in [0.2, 0.25) is 0 Å². The molecule has 0 bridgehead atoms. The van der Waals surface area contributed by atoms with Crippen LogP contribution in [0.3, 0.4) is 0 Å². The van der Waals surface area contributed by atoms with E-state index in [0.717, 1.165) is 12.0 Å². The molecule has 102 valence electrons. The smallest absolute Gasteiger partial charge is 0.131 e. The molecule has 4 nitrogen and oxygen atoms in total. The molecule has 0 saturated heterocycles. The summed E-state index contributed by atoms with van der Waals surface area (Å²) in [5, 5.41) is 9.62. The van der Waals surface area contributed by atoms with Gasteiger partial charge in [-0.1, -0.05) is 13.8 Å². The highest BCUT2D eigenvalue weighted by molar-refractivity contribution is 5.61. The Hall–Kier alpha value is -1.89. The second-order valence-electron chi connectivity index (χ2n) is 5.48. The molecule has 4 heteroatoms. The monoisotopic (exact) mass is 261 g/mol. The van der Waals surface area contributed by atoms with Crippen molar-refractivity contribution in [2.24, 2.45) is 5.41 Å². The van der Waals surface area contributed by atoms with E-state index in [1.807, 2.05) is 0 Å². The van der Waals surface area contributed by atoms with Crippen LogP contribution in [0, 0.1) is 16.7 Å². The highest BCUT2D eigenvalue weighted by Crippen LogP contribution is 2.67. The molecule has 2 rings (SSSR count). The Morgan fingerprint density at radius 3 is 1.79 bits per heavy atom. The number of benzene rings is 1. The minimum absolute atomic E-state index is 0.0725. The number of hydrogen-bond acceptors (Lipinski definition) is 4. The van der Waals surface area contributed by atoms with E-state index in [2.05, 4.69) is 19.9 Å². The van der Waals surface area contributed by atoms with E-state index in [-0.39, 0.29) is 5.41 Å². The fourth-order valence-electron chi connectivity index (χ4n) is 2.72. The number of hydrogen-bond donors (Lipinski definition) is 0. The molecule has 0 amide bonds. The average molecular weight is 261 g/mol. The minimum atomic E-state index is -0.546. The van der Waals surface area contributed by atoms with Crippen LogP contribution in [0.1, 0.15) is 25.8 Å². The van der Waals surface area contributed by atoms with Gasteiger partial charge in [0, 0.05) is 12.1 Å². The second kappa shape index (κ2) is 4.34. The summed E-state index contributed by atoms with van der Waals surface area (Å²) in [6.07, 6.45) is 0.801. The van der Waals surface area contributed by atoms with Gasteiger partial charge in [0.05, 0.1) is 38.4 Å². The van der Waals surface area contributed by atoms with Gasteiger partial charge in [0.15, 0.2) is 0 Å². The molecule has 0 radical (unpaired) electrons. The van der Waals surface area contributed by atoms with Crippen LogP contribution in [-0.4, -0.2) is 21.3 Å². The lowest BCUT2D eigenvalue weighted by molar-refractivity contribution is 0.361. The fourth-order valence-corrected chi connectivity index (χ4v) is 2.72. The molecular weight excluding hydrogens is 242 g/mol. The first-order chi connectivity index (χ1) is 8.95. The minimum Gasteiger partial charge on any atom is -0.496 e. The zero-order valence-corrected chi connectivity index (χ0v) is 12.0. The molecule has 1 fully saturated rings. The molecule has 1 atom stereocenters. The molecule has 0 aromatic heterocycles. The molecule has 1 unspecified atom stereocenters. The lowest BCUT2D eigenvalue weighted by atomic mass is 9.87. The Kier molecular flexibility index (Phi) is 3.09. The maximum Gasteiger partial charge on any atom is 0.131 e. The lowest BCUT2D eigenvalue weighted by Gasteiger charge is -2.20. The molecule has 19 heavy (non-hydrogen) atoms. The summed E-state index contributed by atoms with van der Waals surface area (Å²) in [5.41, 5.74) is 0.207. The summed E-state index contributed by atoms with van der Waals surface area (Å²) in [6, 6.07) is 6.04. The molecule has 1 saturated carbocycles. The van der Waals surface area contributed by atoms with Crippen molar-refractivity contribution in [2.45, 2.75) is 25.7 Å². The lowest BCUT2D eigenvalue weighted by Crippen LogP contribution is -2.15. The third-order valence-electron chi connectivity index (χ3n) is 4.07. The van der Waals surface area contributed by atoms with Crippen LogP contribution in [0.4, 0.5) is 0 Å². The Morgan fingerprint density at radius 1 is 1.05 bits per heavy atom. The molecule has 0 heterocycles. The number of nitrogens with zero attached hydrogens (tertiary/aromatic N) is 1. The predicted octanol–water partition coefficient (Wildman–Crippen LogP) is 2.90. The molecular formula is C15H19NO3. The van der Waals surface area contributed by atoms with Crippen LogP contribution in [0.15, 0.2) is 12.1 Å². The van der Waals surface area contributed by atoms with E-state index in [4.69, 9.17) is 14.2 Å². The van der Waals surface area contributed by atoms with E-state index < -0.39 is 5.41 Å². The third kappa shape index (κ3) is 1.81. The van der Waals surface area contributed by atoms with Crippen molar-refractivity contribution in [3.05, 3.63) is 17.7 Å². The van der Waals surface area contributed by atoms with Crippen molar-refractivity contribution >= 4 is 0 Å². The molecule has 1 aliphatic carbocycles. The number of nitriles is 1. The Labute approximate surface area is 113 Å². The van der Waals surface area contributed by atoms with Gasteiger partial charge in [0.1, 0.15) is 17.2 Å². The van der Waals surface area contributed by atoms with Crippen molar-refractivity contribution < 1.29 is 14.2 Å². The number of ether oxygens (including phenoxy) is 3. The third-order valence-corrected chi connectivity index (χ3v) is 4.07. The maximum atomic E-state index is 9.62. The predicted molar refractivity (Wildman–Crippen MR) is 71.8 cm³/mol. The van der Waals surface area contributed by atoms with Gasteiger partial charge in [0.25, 0.3) is 0 Å². The second-order valence-corrected chi connectivity index (χ2v) is 5.48. The molecule has 0 N–H and O–H groups in total. The summed E-state index contributed by atoms with van der Waals surface area (Å²) in [6.45, 7) is 4.17. The van der Waals surface area contributed by atoms with Crippen LogP contribution in [0.25, 0.3) is 0 Å². The normalized spacial score (nSPS) is 23.4. The van der Waals surface area contributed by atoms with Gasteiger partial charge in [-0.25, -0.2) is 0 Å². The quantitative estimate of drug-likeness (QED) is 0.836. The van der Waals surface area contributed by atoms with E-state index >= 15 is 0 Å². The van der Waals surface area contributed by atoms with E-state index in [0.29, 0.717) is 17.2 Å². The molecule has 0 aliphatic heterocycles. The Balaban J connectivity index is 2.66. The van der Waals surface area contributed by atoms with Crippen LogP contribution in [-0.2, 0) is 5.41 Å². The van der Waals surface area contributed by atoms with Crippen molar-refractivity contribution in [3.63, 3.8) is 0 Å². The fraction of sp³-hybridized carbons (Fsp3) is 0.533. The summed E-state index contributed by atoms with van der Waals surface area (Å²) in [5.74, 6) is 1.94. The van der Waals surface area contributed by atoms with Gasteiger partial charge >= 0.3 is 0 Å². The topological polar surface area (TPSA) is 51.5 Å². The van der Waals surface area contributed by atoms with Gasteiger partial charge in [-0.2, -0.15) is 5.26 Å². The summed E-state index contributed by atoms with van der Waals surface area (Å²) < 4.78 is 16.1. The first kappa shape index (κ1) is 13.5. The van der Waals surface area contributed by atoms with Crippen LogP contribution < -0.4 is 14.2 Å². The van der Waals surface area contributed by atoms with Crippen LogP contribution in [0.5, 0.6) is 17.2 Å². The average Bonchev–Trinajstić information content (AvgIpc) is 2.99.